The molecule has 0 aliphatic heterocycles. The fraction of sp³-hybridized carbons (Fsp3) is 0.833. The van der Waals surface area contributed by atoms with Gasteiger partial charge in [0.2, 0.25) is 5.89 Å². The maximum Gasteiger partial charge on any atom is 0.229 e. The summed E-state index contributed by atoms with van der Waals surface area (Å²) >= 11 is 0. The van der Waals surface area contributed by atoms with Crippen molar-refractivity contribution in [2.75, 3.05) is 0 Å². The van der Waals surface area contributed by atoms with Crippen molar-refractivity contribution in [2.24, 2.45) is 11.7 Å². The predicted octanol–water partition coefficient (Wildman–Crippen LogP) is 2.77. The zero-order valence-corrected chi connectivity index (χ0v) is 10.1. The average molecular weight is 223 g/mol. The summed E-state index contributed by atoms with van der Waals surface area (Å²) < 4.78 is 5.20. The molecule has 1 heterocycles. The Hall–Kier alpha value is -0.900. The van der Waals surface area contributed by atoms with E-state index in [1.807, 2.05) is 13.8 Å². The Morgan fingerprint density at radius 3 is 2.50 bits per heavy atom. The summed E-state index contributed by atoms with van der Waals surface area (Å²) in [5.41, 5.74) is 6.20. The van der Waals surface area contributed by atoms with E-state index in [4.69, 9.17) is 10.3 Å². The summed E-state index contributed by atoms with van der Waals surface area (Å²) in [4.78, 5) is 4.38. The summed E-state index contributed by atoms with van der Waals surface area (Å²) in [6, 6.07) is -0.0449. The Morgan fingerprint density at radius 1 is 1.25 bits per heavy atom. The van der Waals surface area contributed by atoms with Crippen molar-refractivity contribution >= 4 is 0 Å². The van der Waals surface area contributed by atoms with Crippen molar-refractivity contribution in [3.05, 3.63) is 11.7 Å². The molecule has 1 aliphatic rings. The lowest BCUT2D eigenvalue weighted by Gasteiger charge is -2.25. The molecule has 90 valence electrons. The monoisotopic (exact) mass is 223 g/mol. The van der Waals surface area contributed by atoms with Crippen LogP contribution in [0.25, 0.3) is 0 Å². The van der Waals surface area contributed by atoms with Gasteiger partial charge in [-0.05, 0) is 18.8 Å². The van der Waals surface area contributed by atoms with Gasteiger partial charge in [-0.15, -0.1) is 0 Å². The van der Waals surface area contributed by atoms with Crippen LogP contribution in [-0.4, -0.2) is 10.1 Å². The molecule has 4 heteroatoms. The van der Waals surface area contributed by atoms with Crippen LogP contribution in [0.15, 0.2) is 4.52 Å². The third-order valence-corrected chi connectivity index (χ3v) is 3.41. The minimum Gasteiger partial charge on any atom is -0.339 e. The number of hydrogen-bond donors (Lipinski definition) is 1. The molecule has 1 aliphatic carbocycles. The quantitative estimate of drug-likeness (QED) is 0.855. The van der Waals surface area contributed by atoms with Crippen molar-refractivity contribution in [1.82, 2.24) is 10.1 Å². The molecule has 0 amide bonds. The molecule has 0 saturated heterocycles. The molecular formula is C12H21N3O. The maximum absolute atomic E-state index is 6.20. The summed E-state index contributed by atoms with van der Waals surface area (Å²) in [6.07, 6.45) is 6.31. The SMILES string of the molecule is CC(C)c1nc(C(N)C2CCCCC2)no1. The first-order chi connectivity index (χ1) is 7.68. The van der Waals surface area contributed by atoms with Gasteiger partial charge in [-0.25, -0.2) is 0 Å². The van der Waals surface area contributed by atoms with Crippen molar-refractivity contribution in [3.63, 3.8) is 0 Å². The number of hydrogen-bond acceptors (Lipinski definition) is 4. The molecule has 16 heavy (non-hydrogen) atoms. The molecule has 1 unspecified atom stereocenters. The van der Waals surface area contributed by atoms with Crippen molar-refractivity contribution in [2.45, 2.75) is 57.9 Å². The van der Waals surface area contributed by atoms with Crippen LogP contribution in [0.3, 0.4) is 0 Å². The van der Waals surface area contributed by atoms with E-state index in [9.17, 15) is 0 Å². The molecule has 0 aromatic carbocycles. The smallest absolute Gasteiger partial charge is 0.229 e. The van der Waals surface area contributed by atoms with Gasteiger partial charge in [0.15, 0.2) is 5.82 Å². The Kier molecular flexibility index (Phi) is 3.59. The van der Waals surface area contributed by atoms with Gasteiger partial charge in [0.1, 0.15) is 0 Å². The lowest BCUT2D eigenvalue weighted by Crippen LogP contribution is -2.24. The highest BCUT2D eigenvalue weighted by atomic mass is 16.5. The summed E-state index contributed by atoms with van der Waals surface area (Å²) in [5, 5.41) is 4.00. The molecular weight excluding hydrogens is 202 g/mol. The normalized spacial score (nSPS) is 20.2. The highest BCUT2D eigenvalue weighted by Crippen LogP contribution is 2.32. The molecule has 1 aromatic rings. The average Bonchev–Trinajstić information content (AvgIpc) is 2.78. The fourth-order valence-electron chi connectivity index (χ4n) is 2.32. The van der Waals surface area contributed by atoms with Crippen LogP contribution in [0.1, 0.15) is 69.6 Å². The number of nitrogens with zero attached hydrogens (tertiary/aromatic N) is 2. The number of aromatic nitrogens is 2. The first-order valence-corrected chi connectivity index (χ1v) is 6.27. The first-order valence-electron chi connectivity index (χ1n) is 6.27. The van der Waals surface area contributed by atoms with E-state index in [0.717, 1.165) is 0 Å². The van der Waals surface area contributed by atoms with Crippen LogP contribution >= 0.6 is 0 Å². The Morgan fingerprint density at radius 2 is 1.94 bits per heavy atom. The molecule has 0 radical (unpaired) electrons. The van der Waals surface area contributed by atoms with Crippen LogP contribution in [0.5, 0.6) is 0 Å². The molecule has 2 N–H and O–H groups in total. The lowest BCUT2D eigenvalue weighted by molar-refractivity contribution is 0.291. The lowest BCUT2D eigenvalue weighted by atomic mass is 9.84. The minimum atomic E-state index is -0.0449. The number of rotatable bonds is 3. The zero-order valence-electron chi connectivity index (χ0n) is 10.1. The fourth-order valence-corrected chi connectivity index (χ4v) is 2.32. The Labute approximate surface area is 96.6 Å². The third kappa shape index (κ3) is 2.43. The van der Waals surface area contributed by atoms with E-state index in [0.29, 0.717) is 17.6 Å². The highest BCUT2D eigenvalue weighted by Gasteiger charge is 2.25. The Bertz CT molecular complexity index is 329. The molecule has 0 bridgehead atoms. The summed E-state index contributed by atoms with van der Waals surface area (Å²) in [5.74, 6) is 2.20. The second-order valence-corrected chi connectivity index (χ2v) is 5.07. The highest BCUT2D eigenvalue weighted by molar-refractivity contribution is 4.98. The first kappa shape index (κ1) is 11.6. The van der Waals surface area contributed by atoms with Gasteiger partial charge in [0.05, 0.1) is 6.04 Å². The van der Waals surface area contributed by atoms with Crippen LogP contribution in [0.4, 0.5) is 0 Å². The Balaban J connectivity index is 2.04. The van der Waals surface area contributed by atoms with Crippen molar-refractivity contribution < 1.29 is 4.52 Å². The van der Waals surface area contributed by atoms with Gasteiger partial charge in [-0.3, -0.25) is 0 Å². The summed E-state index contributed by atoms with van der Waals surface area (Å²) in [7, 11) is 0. The molecule has 1 saturated carbocycles. The van der Waals surface area contributed by atoms with Crippen molar-refractivity contribution in [3.8, 4) is 0 Å². The second-order valence-electron chi connectivity index (χ2n) is 5.07. The van der Waals surface area contributed by atoms with E-state index >= 15 is 0 Å². The van der Waals surface area contributed by atoms with Gasteiger partial charge in [-0.2, -0.15) is 4.98 Å². The van der Waals surface area contributed by atoms with E-state index in [-0.39, 0.29) is 12.0 Å². The maximum atomic E-state index is 6.20. The van der Waals surface area contributed by atoms with Gasteiger partial charge >= 0.3 is 0 Å². The van der Waals surface area contributed by atoms with Gasteiger partial charge in [-0.1, -0.05) is 38.3 Å². The van der Waals surface area contributed by atoms with E-state index in [1.165, 1.54) is 32.1 Å². The van der Waals surface area contributed by atoms with Gasteiger partial charge in [0.25, 0.3) is 0 Å². The second kappa shape index (κ2) is 4.95. The van der Waals surface area contributed by atoms with Crippen molar-refractivity contribution in [1.29, 1.82) is 0 Å². The predicted molar refractivity (Wildman–Crippen MR) is 61.9 cm³/mol. The number of nitrogens with two attached hydrogens (primary N) is 1. The van der Waals surface area contributed by atoms with Crippen LogP contribution in [-0.2, 0) is 0 Å². The van der Waals surface area contributed by atoms with Crippen LogP contribution in [0, 0.1) is 5.92 Å². The van der Waals surface area contributed by atoms with Gasteiger partial charge < -0.3 is 10.3 Å². The molecule has 0 spiro atoms. The van der Waals surface area contributed by atoms with E-state index < -0.39 is 0 Å². The molecule has 1 atom stereocenters. The third-order valence-electron chi connectivity index (χ3n) is 3.41. The van der Waals surface area contributed by atoms with E-state index in [2.05, 4.69) is 10.1 Å². The summed E-state index contributed by atoms with van der Waals surface area (Å²) in [6.45, 7) is 4.09. The topological polar surface area (TPSA) is 64.9 Å². The van der Waals surface area contributed by atoms with Crippen LogP contribution < -0.4 is 5.73 Å². The van der Waals surface area contributed by atoms with Gasteiger partial charge in [0, 0.05) is 5.92 Å². The molecule has 4 nitrogen and oxygen atoms in total. The molecule has 1 aromatic heterocycles. The standard InChI is InChI=1S/C12H21N3O/c1-8(2)12-14-11(15-16-12)10(13)9-6-4-3-5-7-9/h8-10H,3-7,13H2,1-2H3. The van der Waals surface area contributed by atoms with Crippen LogP contribution in [0.2, 0.25) is 0 Å². The largest absolute Gasteiger partial charge is 0.339 e. The minimum absolute atomic E-state index is 0.0449. The molecule has 1 fully saturated rings. The van der Waals surface area contributed by atoms with E-state index in [1.54, 1.807) is 0 Å². The molecule has 2 rings (SSSR count). The zero-order chi connectivity index (χ0) is 11.5.